The SMILES string of the molecule is Cn1cc2c(Cl)c(-c3c[nH]c4nc(N5CC6CCC5CN6)n(C)c(=O)c34)ccc2n1. The number of fused-ring (bicyclic) bond motifs is 5. The van der Waals surface area contributed by atoms with Crippen molar-refractivity contribution in [2.45, 2.75) is 24.9 Å². The number of nitrogens with one attached hydrogen (secondary N) is 2. The number of halogens is 1. The number of aryl methyl sites for hydroxylation is 1. The molecule has 2 atom stereocenters. The summed E-state index contributed by atoms with van der Waals surface area (Å²) < 4.78 is 3.42. The molecule has 7 rings (SSSR count). The second-order valence-electron chi connectivity index (χ2n) is 8.35. The molecule has 3 aliphatic heterocycles. The highest BCUT2D eigenvalue weighted by Gasteiger charge is 2.35. The van der Waals surface area contributed by atoms with E-state index in [1.165, 1.54) is 6.42 Å². The van der Waals surface area contributed by atoms with Crippen LogP contribution in [-0.2, 0) is 14.1 Å². The zero-order chi connectivity index (χ0) is 20.6. The van der Waals surface area contributed by atoms with Crippen LogP contribution in [0, 0.1) is 0 Å². The molecule has 8 nitrogen and oxygen atoms in total. The van der Waals surface area contributed by atoms with Crippen LogP contribution in [0.2, 0.25) is 5.02 Å². The highest BCUT2D eigenvalue weighted by Crippen LogP contribution is 2.37. The van der Waals surface area contributed by atoms with Gasteiger partial charge in [0.05, 0.1) is 15.9 Å². The lowest BCUT2D eigenvalue weighted by atomic mass is 9.93. The highest BCUT2D eigenvalue weighted by molar-refractivity contribution is 6.38. The molecule has 3 fully saturated rings. The first-order chi connectivity index (χ1) is 14.5. The summed E-state index contributed by atoms with van der Waals surface area (Å²) in [4.78, 5) is 23.8. The van der Waals surface area contributed by atoms with Gasteiger partial charge in [0.1, 0.15) is 5.65 Å². The summed E-state index contributed by atoms with van der Waals surface area (Å²) in [6.07, 6.45) is 6.03. The van der Waals surface area contributed by atoms with Crippen LogP contribution in [0.5, 0.6) is 0 Å². The predicted octanol–water partition coefficient (Wildman–Crippen LogP) is 2.41. The number of nitrogens with zero attached hydrogens (tertiary/aromatic N) is 5. The van der Waals surface area contributed by atoms with Gasteiger partial charge in [0, 0.05) is 68.2 Å². The quantitative estimate of drug-likeness (QED) is 0.517. The van der Waals surface area contributed by atoms with Crippen LogP contribution in [0.25, 0.3) is 33.1 Å². The van der Waals surface area contributed by atoms with E-state index in [9.17, 15) is 4.79 Å². The molecule has 4 aromatic rings. The van der Waals surface area contributed by atoms with Gasteiger partial charge in [-0.25, -0.2) is 0 Å². The molecule has 0 spiro atoms. The number of H-pyrrole nitrogens is 1. The van der Waals surface area contributed by atoms with Gasteiger partial charge >= 0.3 is 0 Å². The van der Waals surface area contributed by atoms with Crippen molar-refractivity contribution in [3.8, 4) is 11.1 Å². The Labute approximate surface area is 177 Å². The molecule has 30 heavy (non-hydrogen) atoms. The first-order valence-corrected chi connectivity index (χ1v) is 10.6. The normalized spacial score (nSPS) is 21.2. The van der Waals surface area contributed by atoms with Gasteiger partial charge in [-0.15, -0.1) is 0 Å². The van der Waals surface area contributed by atoms with E-state index in [2.05, 4.69) is 20.3 Å². The lowest BCUT2D eigenvalue weighted by Crippen LogP contribution is -2.62. The Kier molecular flexibility index (Phi) is 3.79. The monoisotopic (exact) mass is 423 g/mol. The van der Waals surface area contributed by atoms with Crippen LogP contribution >= 0.6 is 11.6 Å². The second-order valence-corrected chi connectivity index (χ2v) is 8.73. The first kappa shape index (κ1) is 18.0. The number of hydrogen-bond acceptors (Lipinski definition) is 5. The van der Waals surface area contributed by atoms with Crippen LogP contribution in [0.1, 0.15) is 12.8 Å². The average Bonchev–Trinajstić information content (AvgIpc) is 3.35. The van der Waals surface area contributed by atoms with E-state index in [4.69, 9.17) is 16.6 Å². The van der Waals surface area contributed by atoms with E-state index in [0.29, 0.717) is 28.1 Å². The maximum absolute atomic E-state index is 13.4. The molecule has 0 amide bonds. The molecule has 3 aromatic heterocycles. The van der Waals surface area contributed by atoms with Gasteiger partial charge in [0.2, 0.25) is 5.95 Å². The molecule has 0 aliphatic carbocycles. The van der Waals surface area contributed by atoms with Crippen LogP contribution in [0.15, 0.2) is 29.3 Å². The summed E-state index contributed by atoms with van der Waals surface area (Å²) in [5, 5.41) is 9.98. The number of benzene rings is 1. The molecule has 2 N–H and O–H groups in total. The van der Waals surface area contributed by atoms with Gasteiger partial charge in [0.15, 0.2) is 0 Å². The Morgan fingerprint density at radius 3 is 2.80 bits per heavy atom. The zero-order valence-electron chi connectivity index (χ0n) is 16.8. The molecular weight excluding hydrogens is 402 g/mol. The van der Waals surface area contributed by atoms with Crippen molar-refractivity contribution < 1.29 is 0 Å². The third-order valence-corrected chi connectivity index (χ3v) is 6.93. The lowest BCUT2D eigenvalue weighted by Gasteiger charge is -2.46. The van der Waals surface area contributed by atoms with Crippen molar-refractivity contribution in [1.82, 2.24) is 29.6 Å². The zero-order valence-corrected chi connectivity index (χ0v) is 17.6. The summed E-state index contributed by atoms with van der Waals surface area (Å²) in [5.74, 6) is 0.728. The Morgan fingerprint density at radius 2 is 2.07 bits per heavy atom. The summed E-state index contributed by atoms with van der Waals surface area (Å²) in [7, 11) is 3.67. The van der Waals surface area contributed by atoms with E-state index in [1.54, 1.807) is 9.25 Å². The maximum atomic E-state index is 13.4. The van der Waals surface area contributed by atoms with Crippen molar-refractivity contribution in [3.63, 3.8) is 0 Å². The van der Waals surface area contributed by atoms with Crippen molar-refractivity contribution in [2.24, 2.45) is 14.1 Å². The number of anilines is 1. The first-order valence-electron chi connectivity index (χ1n) is 10.2. The molecule has 2 unspecified atom stereocenters. The van der Waals surface area contributed by atoms with Crippen LogP contribution in [0.4, 0.5) is 5.95 Å². The van der Waals surface area contributed by atoms with Crippen molar-refractivity contribution in [3.05, 3.63) is 39.9 Å². The molecule has 154 valence electrons. The van der Waals surface area contributed by atoms with Gasteiger partial charge < -0.3 is 15.2 Å². The third kappa shape index (κ3) is 2.47. The fraction of sp³-hybridized carbons (Fsp3) is 0.381. The minimum Gasteiger partial charge on any atom is -0.345 e. The second kappa shape index (κ2) is 6.33. The predicted molar refractivity (Wildman–Crippen MR) is 118 cm³/mol. The fourth-order valence-electron chi connectivity index (χ4n) is 4.96. The minimum atomic E-state index is -0.0667. The van der Waals surface area contributed by atoms with E-state index in [-0.39, 0.29) is 5.56 Å². The molecule has 6 heterocycles. The van der Waals surface area contributed by atoms with Gasteiger partial charge in [-0.3, -0.25) is 14.0 Å². The molecule has 3 saturated heterocycles. The minimum absolute atomic E-state index is 0.0667. The molecule has 0 saturated carbocycles. The van der Waals surface area contributed by atoms with Crippen molar-refractivity contribution >= 4 is 39.5 Å². The van der Waals surface area contributed by atoms with Gasteiger partial charge in [-0.1, -0.05) is 17.7 Å². The van der Waals surface area contributed by atoms with Crippen LogP contribution in [-0.4, -0.2) is 49.5 Å². The lowest BCUT2D eigenvalue weighted by molar-refractivity contribution is 0.285. The Balaban J connectivity index is 1.52. The average molecular weight is 424 g/mol. The summed E-state index contributed by atoms with van der Waals surface area (Å²) >= 11 is 6.72. The highest BCUT2D eigenvalue weighted by atomic mass is 35.5. The number of aromatic nitrogens is 5. The molecule has 0 radical (unpaired) electrons. The summed E-state index contributed by atoms with van der Waals surface area (Å²) in [6, 6.07) is 4.69. The van der Waals surface area contributed by atoms with Gasteiger partial charge in [-0.05, 0) is 18.9 Å². The number of aromatic amines is 1. The molecule has 9 heteroatoms. The van der Waals surface area contributed by atoms with E-state index in [1.807, 2.05) is 38.6 Å². The molecule has 1 aromatic carbocycles. The smallest absolute Gasteiger partial charge is 0.264 e. The maximum Gasteiger partial charge on any atom is 0.264 e. The Hall–Kier alpha value is -2.84. The summed E-state index contributed by atoms with van der Waals surface area (Å²) in [6.45, 7) is 1.82. The number of hydrogen-bond donors (Lipinski definition) is 2. The number of piperidine rings is 2. The largest absolute Gasteiger partial charge is 0.345 e. The number of piperazine rings is 1. The van der Waals surface area contributed by atoms with E-state index in [0.717, 1.165) is 47.5 Å². The topological polar surface area (TPSA) is 83.8 Å². The van der Waals surface area contributed by atoms with E-state index < -0.39 is 0 Å². The van der Waals surface area contributed by atoms with Gasteiger partial charge in [0.25, 0.3) is 5.56 Å². The van der Waals surface area contributed by atoms with Crippen LogP contribution in [0.3, 0.4) is 0 Å². The molecular formula is C21H22ClN7O. The van der Waals surface area contributed by atoms with Crippen molar-refractivity contribution in [1.29, 1.82) is 0 Å². The number of rotatable bonds is 2. The van der Waals surface area contributed by atoms with Gasteiger partial charge in [-0.2, -0.15) is 10.1 Å². The van der Waals surface area contributed by atoms with Crippen LogP contribution < -0.4 is 15.8 Å². The standard InChI is InChI=1S/C21H22ClN7O/c1-27-10-15-16(26-27)6-5-13(18(15)22)14-8-24-19-17(14)20(30)28(2)21(25-19)29-9-11-3-4-12(29)7-23-11/h5-6,8,10-12,23-24H,3-4,7,9H2,1-2H3. The molecule has 3 aliphatic rings. The Morgan fingerprint density at radius 1 is 1.20 bits per heavy atom. The Bertz CT molecular complexity index is 1360. The summed E-state index contributed by atoms with van der Waals surface area (Å²) in [5.41, 5.74) is 2.93. The third-order valence-electron chi connectivity index (χ3n) is 6.52. The van der Waals surface area contributed by atoms with Crippen molar-refractivity contribution in [2.75, 3.05) is 18.0 Å². The molecule has 2 bridgehead atoms. The van der Waals surface area contributed by atoms with E-state index >= 15 is 0 Å². The fourth-order valence-corrected chi connectivity index (χ4v) is 5.27.